The van der Waals surface area contributed by atoms with Crippen molar-refractivity contribution < 1.29 is 4.74 Å². The Kier molecular flexibility index (Phi) is 4.27. The molecule has 4 nitrogen and oxygen atoms in total. The molecule has 2 rings (SSSR count). The Morgan fingerprint density at radius 1 is 1.42 bits per heavy atom. The molecule has 0 unspecified atom stereocenters. The molecule has 0 atom stereocenters. The number of aryl methyl sites for hydroxylation is 1. The molecule has 0 bridgehead atoms. The average Bonchev–Trinajstić information content (AvgIpc) is 2.75. The standard InChI is InChI=1S/C14H19N3OS/c1-9(2)18-13-6-11(4-5-12(13)15)16-7-14-17-10(3)8-19-14/h4-6,8-9,16H,7,15H2,1-3H3. The van der Waals surface area contributed by atoms with Crippen molar-refractivity contribution in [1.29, 1.82) is 0 Å². The zero-order chi connectivity index (χ0) is 13.8. The first kappa shape index (κ1) is 13.7. The van der Waals surface area contributed by atoms with Gasteiger partial charge in [0.2, 0.25) is 0 Å². The Balaban J connectivity index is 2.04. The zero-order valence-electron chi connectivity index (χ0n) is 11.4. The molecule has 0 saturated heterocycles. The minimum absolute atomic E-state index is 0.110. The van der Waals surface area contributed by atoms with Crippen molar-refractivity contribution in [2.45, 2.75) is 33.4 Å². The van der Waals surface area contributed by atoms with Crippen LogP contribution < -0.4 is 15.8 Å². The number of hydrogen-bond acceptors (Lipinski definition) is 5. The van der Waals surface area contributed by atoms with Crippen molar-refractivity contribution in [1.82, 2.24) is 4.98 Å². The van der Waals surface area contributed by atoms with E-state index in [1.165, 1.54) is 0 Å². The molecule has 1 aromatic carbocycles. The van der Waals surface area contributed by atoms with E-state index in [2.05, 4.69) is 10.3 Å². The Labute approximate surface area is 117 Å². The molecular weight excluding hydrogens is 258 g/mol. The lowest BCUT2D eigenvalue weighted by Crippen LogP contribution is -2.08. The topological polar surface area (TPSA) is 60.2 Å². The summed E-state index contributed by atoms with van der Waals surface area (Å²) < 4.78 is 5.66. The average molecular weight is 277 g/mol. The molecule has 0 aliphatic carbocycles. The second-order valence-corrected chi connectivity index (χ2v) is 5.60. The number of aromatic nitrogens is 1. The molecule has 0 spiro atoms. The SMILES string of the molecule is Cc1csc(CNc2ccc(N)c(OC(C)C)c2)n1. The first-order valence-corrected chi connectivity index (χ1v) is 7.13. The third-order valence-electron chi connectivity index (χ3n) is 2.49. The lowest BCUT2D eigenvalue weighted by atomic mass is 10.2. The Hall–Kier alpha value is -1.75. The maximum absolute atomic E-state index is 5.89. The maximum atomic E-state index is 5.89. The van der Waals surface area contributed by atoms with Gasteiger partial charge in [0, 0.05) is 22.8 Å². The number of benzene rings is 1. The zero-order valence-corrected chi connectivity index (χ0v) is 12.3. The fourth-order valence-electron chi connectivity index (χ4n) is 1.66. The second kappa shape index (κ2) is 5.93. The summed E-state index contributed by atoms with van der Waals surface area (Å²) in [4.78, 5) is 4.41. The van der Waals surface area contributed by atoms with Crippen LogP contribution in [0.4, 0.5) is 11.4 Å². The third kappa shape index (κ3) is 3.86. The molecule has 2 aromatic rings. The molecule has 0 saturated carbocycles. The summed E-state index contributed by atoms with van der Waals surface area (Å²) in [5.74, 6) is 0.718. The number of ether oxygens (including phenoxy) is 1. The Morgan fingerprint density at radius 3 is 2.84 bits per heavy atom. The van der Waals surface area contributed by atoms with E-state index in [1.54, 1.807) is 11.3 Å². The van der Waals surface area contributed by atoms with Crippen LogP contribution in [0.3, 0.4) is 0 Å². The number of rotatable bonds is 5. The van der Waals surface area contributed by atoms with Gasteiger partial charge in [-0.1, -0.05) is 0 Å². The number of nitrogen functional groups attached to an aromatic ring is 1. The predicted octanol–water partition coefficient (Wildman–Crippen LogP) is 3.43. The van der Waals surface area contributed by atoms with Crippen LogP contribution in [0.25, 0.3) is 0 Å². The molecule has 102 valence electrons. The Morgan fingerprint density at radius 2 is 2.21 bits per heavy atom. The summed E-state index contributed by atoms with van der Waals surface area (Å²) in [6.07, 6.45) is 0.110. The highest BCUT2D eigenvalue weighted by Crippen LogP contribution is 2.26. The van der Waals surface area contributed by atoms with E-state index in [9.17, 15) is 0 Å². The van der Waals surface area contributed by atoms with Gasteiger partial charge in [0.15, 0.2) is 0 Å². The lowest BCUT2D eigenvalue weighted by molar-refractivity contribution is 0.244. The Bertz CT molecular complexity index is 551. The lowest BCUT2D eigenvalue weighted by Gasteiger charge is -2.14. The molecule has 0 radical (unpaired) electrons. The summed E-state index contributed by atoms with van der Waals surface area (Å²) in [6, 6.07) is 5.73. The van der Waals surface area contributed by atoms with Crippen molar-refractivity contribution in [3.05, 3.63) is 34.3 Å². The van der Waals surface area contributed by atoms with Gasteiger partial charge in [-0.25, -0.2) is 4.98 Å². The van der Waals surface area contributed by atoms with E-state index in [-0.39, 0.29) is 6.10 Å². The fourth-order valence-corrected chi connectivity index (χ4v) is 2.37. The molecule has 0 aliphatic heterocycles. The largest absolute Gasteiger partial charge is 0.489 e. The molecular formula is C14H19N3OS. The summed E-state index contributed by atoms with van der Waals surface area (Å²) in [5, 5.41) is 6.45. The minimum Gasteiger partial charge on any atom is -0.489 e. The molecule has 1 aromatic heterocycles. The van der Waals surface area contributed by atoms with Gasteiger partial charge in [-0.2, -0.15) is 0 Å². The molecule has 0 amide bonds. The van der Waals surface area contributed by atoms with E-state index in [1.807, 2.05) is 44.4 Å². The number of nitrogens with two attached hydrogens (primary N) is 1. The van der Waals surface area contributed by atoms with Crippen molar-refractivity contribution in [2.24, 2.45) is 0 Å². The van der Waals surface area contributed by atoms with Crippen LogP contribution in [0.1, 0.15) is 24.5 Å². The van der Waals surface area contributed by atoms with Gasteiger partial charge >= 0.3 is 0 Å². The van der Waals surface area contributed by atoms with Crippen LogP contribution in [0.15, 0.2) is 23.6 Å². The number of hydrogen-bond donors (Lipinski definition) is 2. The van der Waals surface area contributed by atoms with E-state index in [4.69, 9.17) is 10.5 Å². The van der Waals surface area contributed by atoms with E-state index < -0.39 is 0 Å². The number of nitrogens with one attached hydrogen (secondary N) is 1. The van der Waals surface area contributed by atoms with Crippen LogP contribution in [-0.2, 0) is 6.54 Å². The van der Waals surface area contributed by atoms with Crippen LogP contribution in [0.5, 0.6) is 5.75 Å². The van der Waals surface area contributed by atoms with Gasteiger partial charge in [-0.15, -0.1) is 11.3 Å². The van der Waals surface area contributed by atoms with E-state index in [0.29, 0.717) is 12.2 Å². The summed E-state index contributed by atoms with van der Waals surface area (Å²) in [7, 11) is 0. The van der Waals surface area contributed by atoms with Gasteiger partial charge < -0.3 is 15.8 Å². The van der Waals surface area contributed by atoms with Gasteiger partial charge in [0.05, 0.1) is 18.3 Å². The first-order valence-electron chi connectivity index (χ1n) is 6.25. The van der Waals surface area contributed by atoms with Crippen LogP contribution >= 0.6 is 11.3 Å². The summed E-state index contributed by atoms with van der Waals surface area (Å²) in [6.45, 7) is 6.68. The first-order chi connectivity index (χ1) is 9.04. The second-order valence-electron chi connectivity index (χ2n) is 4.66. The molecule has 1 heterocycles. The number of thiazole rings is 1. The highest BCUT2D eigenvalue weighted by atomic mass is 32.1. The third-order valence-corrected chi connectivity index (χ3v) is 3.45. The maximum Gasteiger partial charge on any atom is 0.144 e. The summed E-state index contributed by atoms with van der Waals surface area (Å²) >= 11 is 1.66. The van der Waals surface area contributed by atoms with Gasteiger partial charge in [-0.3, -0.25) is 0 Å². The van der Waals surface area contributed by atoms with Gasteiger partial charge in [0.25, 0.3) is 0 Å². The van der Waals surface area contributed by atoms with Crippen LogP contribution in [0, 0.1) is 6.92 Å². The normalized spacial score (nSPS) is 10.7. The highest BCUT2D eigenvalue weighted by Gasteiger charge is 2.05. The predicted molar refractivity (Wildman–Crippen MR) is 80.8 cm³/mol. The van der Waals surface area contributed by atoms with Gasteiger partial charge in [0.1, 0.15) is 10.8 Å². The monoisotopic (exact) mass is 277 g/mol. The van der Waals surface area contributed by atoms with Crippen molar-refractivity contribution in [3.63, 3.8) is 0 Å². The van der Waals surface area contributed by atoms with E-state index in [0.717, 1.165) is 22.1 Å². The molecule has 0 fully saturated rings. The van der Waals surface area contributed by atoms with Crippen LogP contribution in [-0.4, -0.2) is 11.1 Å². The molecule has 5 heteroatoms. The van der Waals surface area contributed by atoms with E-state index >= 15 is 0 Å². The quantitative estimate of drug-likeness (QED) is 0.822. The van der Waals surface area contributed by atoms with Crippen LogP contribution in [0.2, 0.25) is 0 Å². The minimum atomic E-state index is 0.110. The highest BCUT2D eigenvalue weighted by molar-refractivity contribution is 7.09. The van der Waals surface area contributed by atoms with Crippen molar-refractivity contribution in [3.8, 4) is 5.75 Å². The molecule has 19 heavy (non-hydrogen) atoms. The number of nitrogens with zero attached hydrogens (tertiary/aromatic N) is 1. The smallest absolute Gasteiger partial charge is 0.144 e. The molecule has 0 aliphatic rings. The van der Waals surface area contributed by atoms with Crippen molar-refractivity contribution >= 4 is 22.7 Å². The summed E-state index contributed by atoms with van der Waals surface area (Å²) in [5.41, 5.74) is 8.58. The number of anilines is 2. The van der Waals surface area contributed by atoms with Gasteiger partial charge in [-0.05, 0) is 32.9 Å². The van der Waals surface area contributed by atoms with Crippen molar-refractivity contribution in [2.75, 3.05) is 11.1 Å². The molecule has 3 N–H and O–H groups in total. The fraction of sp³-hybridized carbons (Fsp3) is 0.357.